The molecule has 0 aliphatic heterocycles. The summed E-state index contributed by atoms with van der Waals surface area (Å²) in [6.07, 6.45) is 2.20. The van der Waals surface area contributed by atoms with Crippen molar-refractivity contribution >= 4 is 11.6 Å². The Bertz CT molecular complexity index is 187. The molecule has 1 N–H and O–H groups in total. The molecular weight excluding hydrogens is 180 g/mol. The van der Waals surface area contributed by atoms with Crippen LogP contribution in [0.5, 0.6) is 0 Å². The summed E-state index contributed by atoms with van der Waals surface area (Å²) in [5, 5.41) is 6.57. The fourth-order valence-electron chi connectivity index (χ4n) is 0.825. The molecule has 82 valence electrons. The summed E-state index contributed by atoms with van der Waals surface area (Å²) in [5.41, 5.74) is 0.889. The van der Waals surface area contributed by atoms with Gasteiger partial charge < -0.3 is 10.2 Å². The third-order valence-electron chi connectivity index (χ3n) is 1.46. The topological polar surface area (TPSA) is 50.7 Å². The Balaban J connectivity index is 3.27. The van der Waals surface area contributed by atoms with Gasteiger partial charge in [-0.25, -0.2) is 0 Å². The third-order valence-corrected chi connectivity index (χ3v) is 1.46. The molecule has 1 amide bonds. The first-order valence-corrected chi connectivity index (χ1v) is 5.06. The Morgan fingerprint density at radius 3 is 2.71 bits per heavy atom. The van der Waals surface area contributed by atoms with Gasteiger partial charge in [0.25, 0.3) is 0 Å². The van der Waals surface area contributed by atoms with Crippen molar-refractivity contribution in [3.05, 3.63) is 0 Å². The van der Waals surface area contributed by atoms with Crippen molar-refractivity contribution in [3.8, 4) is 0 Å². The van der Waals surface area contributed by atoms with E-state index in [4.69, 9.17) is 4.84 Å². The molecule has 0 radical (unpaired) electrons. The average Bonchev–Trinajstić information content (AvgIpc) is 2.13. The summed E-state index contributed by atoms with van der Waals surface area (Å²) in [5.74, 6) is 0.0904. The predicted octanol–water partition coefficient (Wildman–Crippen LogP) is 1.71. The minimum Gasteiger partial charge on any atom is -0.396 e. The molecule has 0 aromatic heterocycles. The van der Waals surface area contributed by atoms with Crippen molar-refractivity contribution < 1.29 is 9.63 Å². The van der Waals surface area contributed by atoms with Gasteiger partial charge in [0.2, 0.25) is 5.91 Å². The maximum atomic E-state index is 11.1. The van der Waals surface area contributed by atoms with Gasteiger partial charge in [-0.05, 0) is 26.7 Å². The molecule has 0 saturated carbocycles. The summed E-state index contributed by atoms with van der Waals surface area (Å²) in [7, 11) is 0. The molecule has 14 heavy (non-hydrogen) atoms. The first-order valence-electron chi connectivity index (χ1n) is 5.06. The molecule has 0 rings (SSSR count). The lowest BCUT2D eigenvalue weighted by Crippen LogP contribution is -2.23. The quantitative estimate of drug-likeness (QED) is 0.386. The van der Waals surface area contributed by atoms with Gasteiger partial charge in [0.15, 0.2) is 0 Å². The molecule has 0 saturated heterocycles. The van der Waals surface area contributed by atoms with E-state index in [9.17, 15) is 4.79 Å². The zero-order chi connectivity index (χ0) is 10.8. The molecule has 0 aromatic rings. The Hall–Kier alpha value is -1.06. The van der Waals surface area contributed by atoms with Gasteiger partial charge in [-0.15, -0.1) is 0 Å². The van der Waals surface area contributed by atoms with Gasteiger partial charge in [-0.3, -0.25) is 4.79 Å². The Morgan fingerprint density at radius 2 is 2.14 bits per heavy atom. The van der Waals surface area contributed by atoms with Gasteiger partial charge in [0.1, 0.15) is 6.61 Å². The van der Waals surface area contributed by atoms with Crippen LogP contribution in [0, 0.1) is 0 Å². The molecule has 0 aliphatic carbocycles. The largest absolute Gasteiger partial charge is 0.396 e. The highest BCUT2D eigenvalue weighted by atomic mass is 16.6. The lowest BCUT2D eigenvalue weighted by atomic mass is 10.3. The average molecular weight is 200 g/mol. The monoisotopic (exact) mass is 200 g/mol. The van der Waals surface area contributed by atoms with Crippen molar-refractivity contribution in [2.24, 2.45) is 5.16 Å². The standard InChI is InChI=1S/C10H20N2O2/c1-4-7-11-10(13)6-5-8-14-12-9(2)3/h4-8H2,1-3H3,(H,11,13). The molecule has 0 aromatic carbocycles. The highest BCUT2D eigenvalue weighted by Crippen LogP contribution is 1.91. The molecule has 0 spiro atoms. The summed E-state index contributed by atoms with van der Waals surface area (Å²) >= 11 is 0. The summed E-state index contributed by atoms with van der Waals surface area (Å²) in [6.45, 7) is 7.03. The second-order valence-corrected chi connectivity index (χ2v) is 3.33. The van der Waals surface area contributed by atoms with E-state index in [1.807, 2.05) is 20.8 Å². The van der Waals surface area contributed by atoms with E-state index in [2.05, 4.69) is 10.5 Å². The van der Waals surface area contributed by atoms with Crippen LogP contribution >= 0.6 is 0 Å². The molecule has 0 aliphatic rings. The van der Waals surface area contributed by atoms with E-state index in [1.54, 1.807) is 0 Å². The van der Waals surface area contributed by atoms with Crippen LogP contribution in [0.4, 0.5) is 0 Å². The SMILES string of the molecule is CCCNC(=O)CCCON=C(C)C. The number of amides is 1. The molecule has 0 bridgehead atoms. The summed E-state index contributed by atoms with van der Waals surface area (Å²) in [4.78, 5) is 16.1. The predicted molar refractivity (Wildman–Crippen MR) is 57.3 cm³/mol. The molecule has 0 heterocycles. The van der Waals surface area contributed by atoms with E-state index in [0.717, 1.165) is 18.7 Å². The maximum Gasteiger partial charge on any atom is 0.220 e. The number of nitrogens with one attached hydrogen (secondary N) is 1. The minimum absolute atomic E-state index is 0.0904. The fraction of sp³-hybridized carbons (Fsp3) is 0.800. The number of hydrogen-bond donors (Lipinski definition) is 1. The maximum absolute atomic E-state index is 11.1. The van der Waals surface area contributed by atoms with Crippen LogP contribution in [0.2, 0.25) is 0 Å². The molecule has 0 unspecified atom stereocenters. The van der Waals surface area contributed by atoms with Crippen LogP contribution in [-0.2, 0) is 9.63 Å². The number of nitrogens with zero attached hydrogens (tertiary/aromatic N) is 1. The normalized spacial score (nSPS) is 9.36. The lowest BCUT2D eigenvalue weighted by molar-refractivity contribution is -0.121. The summed E-state index contributed by atoms with van der Waals surface area (Å²) < 4.78 is 0. The van der Waals surface area contributed by atoms with E-state index in [1.165, 1.54) is 0 Å². The van der Waals surface area contributed by atoms with Crippen LogP contribution < -0.4 is 5.32 Å². The van der Waals surface area contributed by atoms with Gasteiger partial charge in [0.05, 0.1) is 5.71 Å². The van der Waals surface area contributed by atoms with Gasteiger partial charge >= 0.3 is 0 Å². The highest BCUT2D eigenvalue weighted by Gasteiger charge is 1.98. The van der Waals surface area contributed by atoms with Crippen LogP contribution in [0.3, 0.4) is 0 Å². The van der Waals surface area contributed by atoms with E-state index in [0.29, 0.717) is 19.4 Å². The first kappa shape index (κ1) is 12.9. The molecule has 0 fully saturated rings. The van der Waals surface area contributed by atoms with E-state index in [-0.39, 0.29) is 5.91 Å². The zero-order valence-corrected chi connectivity index (χ0v) is 9.30. The van der Waals surface area contributed by atoms with Crippen LogP contribution in [-0.4, -0.2) is 24.8 Å². The fourth-order valence-corrected chi connectivity index (χ4v) is 0.825. The third kappa shape index (κ3) is 9.03. The van der Waals surface area contributed by atoms with Gasteiger partial charge in [-0.1, -0.05) is 12.1 Å². The first-order chi connectivity index (χ1) is 6.66. The van der Waals surface area contributed by atoms with E-state index >= 15 is 0 Å². The van der Waals surface area contributed by atoms with Gasteiger partial charge in [-0.2, -0.15) is 0 Å². The van der Waals surface area contributed by atoms with Crippen molar-refractivity contribution in [2.75, 3.05) is 13.2 Å². The van der Waals surface area contributed by atoms with Gasteiger partial charge in [0, 0.05) is 13.0 Å². The Labute approximate surface area is 85.7 Å². The molecule has 4 nitrogen and oxygen atoms in total. The van der Waals surface area contributed by atoms with Crippen LogP contribution in [0.15, 0.2) is 5.16 Å². The highest BCUT2D eigenvalue weighted by molar-refractivity contribution is 5.78. The molecule has 0 atom stereocenters. The van der Waals surface area contributed by atoms with Crippen LogP contribution in [0.1, 0.15) is 40.0 Å². The number of rotatable bonds is 7. The zero-order valence-electron chi connectivity index (χ0n) is 9.30. The summed E-state index contributed by atoms with van der Waals surface area (Å²) in [6, 6.07) is 0. The molecule has 4 heteroatoms. The Morgan fingerprint density at radius 1 is 1.43 bits per heavy atom. The number of oxime groups is 1. The Kier molecular flexibility index (Phi) is 7.89. The second-order valence-electron chi connectivity index (χ2n) is 3.33. The molecular formula is C10H20N2O2. The van der Waals surface area contributed by atoms with Crippen LogP contribution in [0.25, 0.3) is 0 Å². The minimum atomic E-state index is 0.0904. The lowest BCUT2D eigenvalue weighted by Gasteiger charge is -2.02. The number of carbonyl (C=O) groups excluding carboxylic acids is 1. The van der Waals surface area contributed by atoms with Crippen molar-refractivity contribution in [2.45, 2.75) is 40.0 Å². The van der Waals surface area contributed by atoms with Crippen molar-refractivity contribution in [1.29, 1.82) is 0 Å². The van der Waals surface area contributed by atoms with Crippen molar-refractivity contribution in [3.63, 3.8) is 0 Å². The van der Waals surface area contributed by atoms with E-state index < -0.39 is 0 Å². The second kappa shape index (κ2) is 8.53. The number of hydrogen-bond acceptors (Lipinski definition) is 3. The smallest absolute Gasteiger partial charge is 0.220 e. The van der Waals surface area contributed by atoms with Crippen molar-refractivity contribution in [1.82, 2.24) is 5.32 Å². The number of carbonyl (C=O) groups is 1.